The summed E-state index contributed by atoms with van der Waals surface area (Å²) in [6, 6.07) is 15.6. The Morgan fingerprint density at radius 2 is 1.80 bits per heavy atom. The highest BCUT2D eigenvalue weighted by atomic mass is 32.2. The van der Waals surface area contributed by atoms with Gasteiger partial charge in [-0.2, -0.15) is 0 Å². The van der Waals surface area contributed by atoms with Crippen molar-refractivity contribution in [1.82, 2.24) is 0 Å². The summed E-state index contributed by atoms with van der Waals surface area (Å²) in [6.45, 7) is 1.87. The Hall–Kier alpha value is -2.01. The van der Waals surface area contributed by atoms with Crippen molar-refractivity contribution in [2.45, 2.75) is 12.8 Å². The van der Waals surface area contributed by atoms with E-state index in [2.05, 4.69) is 4.72 Å². The molecule has 0 aromatic heterocycles. The lowest BCUT2D eigenvalue weighted by Crippen LogP contribution is -2.20. The van der Waals surface area contributed by atoms with E-state index in [0.29, 0.717) is 5.69 Å². The maximum absolute atomic E-state index is 12.1. The lowest BCUT2D eigenvalue weighted by Gasteiger charge is -2.14. The Balaban J connectivity index is 2.08. The van der Waals surface area contributed by atoms with Gasteiger partial charge in [0.2, 0.25) is 10.0 Å². The van der Waals surface area contributed by atoms with E-state index in [1.165, 1.54) is 12.1 Å². The molecule has 0 aliphatic heterocycles. The highest BCUT2D eigenvalue weighted by Gasteiger charge is 2.17. The van der Waals surface area contributed by atoms with Gasteiger partial charge in [-0.25, -0.2) is 8.42 Å². The van der Waals surface area contributed by atoms with Gasteiger partial charge in [0.1, 0.15) is 5.75 Å². The Bertz CT molecular complexity index is 669. The van der Waals surface area contributed by atoms with Gasteiger partial charge in [0.15, 0.2) is 0 Å². The molecule has 106 valence electrons. The first-order valence-electron chi connectivity index (χ1n) is 6.31. The Morgan fingerprint density at radius 3 is 2.45 bits per heavy atom. The van der Waals surface area contributed by atoms with Gasteiger partial charge in [-0.15, -0.1) is 0 Å². The van der Waals surface area contributed by atoms with Crippen molar-refractivity contribution in [1.29, 1.82) is 0 Å². The molecule has 0 fully saturated rings. The topological polar surface area (TPSA) is 66.4 Å². The molecule has 2 rings (SSSR count). The van der Waals surface area contributed by atoms with E-state index in [0.717, 1.165) is 5.56 Å². The molecule has 1 atom stereocenters. The van der Waals surface area contributed by atoms with Gasteiger partial charge in [-0.05, 0) is 23.6 Å². The molecular weight excluding hydrogens is 274 g/mol. The molecule has 0 bridgehead atoms. The van der Waals surface area contributed by atoms with E-state index in [1.807, 2.05) is 37.3 Å². The predicted molar refractivity (Wildman–Crippen MR) is 80.4 cm³/mol. The van der Waals surface area contributed by atoms with Gasteiger partial charge in [-0.1, -0.05) is 43.3 Å². The smallest absolute Gasteiger partial charge is 0.233 e. The summed E-state index contributed by atoms with van der Waals surface area (Å²) in [5, 5.41) is 9.33. The lowest BCUT2D eigenvalue weighted by molar-refractivity contribution is 0.475. The second kappa shape index (κ2) is 5.96. The number of aromatic hydroxyl groups is 1. The maximum atomic E-state index is 12.1. The van der Waals surface area contributed by atoms with Crippen molar-refractivity contribution in [3.63, 3.8) is 0 Å². The average Bonchev–Trinajstić information content (AvgIpc) is 2.38. The standard InChI is InChI=1S/C15H17NO3S/c1-12(13-6-3-2-4-7-13)11-20(18,19)16-14-8-5-9-15(17)10-14/h2-10,12,16-17H,11H2,1H3. The summed E-state index contributed by atoms with van der Waals surface area (Å²) in [4.78, 5) is 0. The summed E-state index contributed by atoms with van der Waals surface area (Å²) < 4.78 is 26.7. The molecule has 20 heavy (non-hydrogen) atoms. The van der Waals surface area contributed by atoms with Gasteiger partial charge in [-0.3, -0.25) is 4.72 Å². The third-order valence-electron chi connectivity index (χ3n) is 2.96. The minimum absolute atomic E-state index is 0.00727. The third kappa shape index (κ3) is 3.99. The molecule has 0 aliphatic rings. The predicted octanol–water partition coefficient (Wildman–Crippen LogP) is 2.94. The largest absolute Gasteiger partial charge is 0.508 e. The number of anilines is 1. The summed E-state index contributed by atoms with van der Waals surface area (Å²) in [5.41, 5.74) is 1.35. The number of sulfonamides is 1. The van der Waals surface area contributed by atoms with Crippen molar-refractivity contribution in [2.75, 3.05) is 10.5 Å². The van der Waals surface area contributed by atoms with Crippen LogP contribution in [0.3, 0.4) is 0 Å². The zero-order valence-electron chi connectivity index (χ0n) is 11.2. The minimum Gasteiger partial charge on any atom is -0.508 e. The number of nitrogens with one attached hydrogen (secondary N) is 1. The lowest BCUT2D eigenvalue weighted by atomic mass is 10.0. The van der Waals surface area contributed by atoms with Crippen molar-refractivity contribution in [3.05, 3.63) is 60.2 Å². The Morgan fingerprint density at radius 1 is 1.10 bits per heavy atom. The molecule has 0 aliphatic carbocycles. The Labute approximate surface area is 119 Å². The van der Waals surface area contributed by atoms with Crippen LogP contribution in [-0.4, -0.2) is 19.3 Å². The molecule has 2 aromatic carbocycles. The fourth-order valence-corrected chi connectivity index (χ4v) is 3.42. The fraction of sp³-hybridized carbons (Fsp3) is 0.200. The molecular formula is C15H17NO3S. The van der Waals surface area contributed by atoms with Crippen molar-refractivity contribution in [3.8, 4) is 5.75 Å². The van der Waals surface area contributed by atoms with Crippen LogP contribution in [0, 0.1) is 0 Å². The monoisotopic (exact) mass is 291 g/mol. The summed E-state index contributed by atoms with van der Waals surface area (Å²) >= 11 is 0. The molecule has 0 saturated carbocycles. The minimum atomic E-state index is -3.46. The van der Waals surface area contributed by atoms with Crippen LogP contribution in [-0.2, 0) is 10.0 Å². The second-order valence-electron chi connectivity index (χ2n) is 4.75. The van der Waals surface area contributed by atoms with Crippen LogP contribution in [0.5, 0.6) is 5.75 Å². The first-order valence-corrected chi connectivity index (χ1v) is 7.96. The van der Waals surface area contributed by atoms with Crippen LogP contribution in [0.2, 0.25) is 0 Å². The summed E-state index contributed by atoms with van der Waals surface area (Å²) in [5.74, 6) is -0.0838. The molecule has 0 saturated heterocycles. The molecule has 2 N–H and O–H groups in total. The highest BCUT2D eigenvalue weighted by molar-refractivity contribution is 7.92. The first-order chi connectivity index (χ1) is 9.46. The van der Waals surface area contributed by atoms with E-state index in [1.54, 1.807) is 12.1 Å². The van der Waals surface area contributed by atoms with Crippen LogP contribution >= 0.6 is 0 Å². The van der Waals surface area contributed by atoms with Gasteiger partial charge >= 0.3 is 0 Å². The SMILES string of the molecule is CC(CS(=O)(=O)Nc1cccc(O)c1)c1ccccc1. The zero-order chi connectivity index (χ0) is 14.6. The number of phenols is 1. The van der Waals surface area contributed by atoms with Crippen molar-refractivity contribution < 1.29 is 13.5 Å². The quantitative estimate of drug-likeness (QED) is 0.890. The van der Waals surface area contributed by atoms with Gasteiger partial charge in [0, 0.05) is 6.07 Å². The maximum Gasteiger partial charge on any atom is 0.233 e. The molecule has 1 unspecified atom stereocenters. The fourth-order valence-electron chi connectivity index (χ4n) is 2.00. The zero-order valence-corrected chi connectivity index (χ0v) is 12.0. The van der Waals surface area contributed by atoms with E-state index in [4.69, 9.17) is 0 Å². The van der Waals surface area contributed by atoms with Gasteiger partial charge in [0.05, 0.1) is 11.4 Å². The van der Waals surface area contributed by atoms with E-state index < -0.39 is 10.0 Å². The van der Waals surface area contributed by atoms with Crippen molar-refractivity contribution in [2.24, 2.45) is 0 Å². The second-order valence-corrected chi connectivity index (χ2v) is 6.51. The number of hydrogen-bond acceptors (Lipinski definition) is 3. The van der Waals surface area contributed by atoms with Crippen LogP contribution in [0.1, 0.15) is 18.4 Å². The van der Waals surface area contributed by atoms with Crippen LogP contribution in [0.15, 0.2) is 54.6 Å². The Kier molecular flexibility index (Phi) is 4.29. The molecule has 0 heterocycles. The molecule has 0 spiro atoms. The van der Waals surface area contributed by atoms with Crippen LogP contribution in [0.4, 0.5) is 5.69 Å². The van der Waals surface area contributed by atoms with Crippen molar-refractivity contribution >= 4 is 15.7 Å². The number of rotatable bonds is 5. The normalized spacial score (nSPS) is 12.8. The van der Waals surface area contributed by atoms with E-state index >= 15 is 0 Å². The molecule has 0 amide bonds. The number of phenolic OH excluding ortho intramolecular Hbond substituents is 1. The van der Waals surface area contributed by atoms with Crippen LogP contribution < -0.4 is 4.72 Å². The van der Waals surface area contributed by atoms with Gasteiger partial charge < -0.3 is 5.11 Å². The molecule has 4 nitrogen and oxygen atoms in total. The highest BCUT2D eigenvalue weighted by Crippen LogP contribution is 2.20. The average molecular weight is 291 g/mol. The molecule has 5 heteroatoms. The van der Waals surface area contributed by atoms with Gasteiger partial charge in [0.25, 0.3) is 0 Å². The number of hydrogen-bond donors (Lipinski definition) is 2. The van der Waals surface area contributed by atoms with E-state index in [-0.39, 0.29) is 17.4 Å². The summed E-state index contributed by atoms with van der Waals surface area (Å²) in [7, 11) is -3.46. The van der Waals surface area contributed by atoms with E-state index in [9.17, 15) is 13.5 Å². The third-order valence-corrected chi connectivity index (χ3v) is 4.44. The summed E-state index contributed by atoms with van der Waals surface area (Å²) in [6.07, 6.45) is 0. The number of benzene rings is 2. The molecule has 2 aromatic rings. The van der Waals surface area contributed by atoms with Crippen LogP contribution in [0.25, 0.3) is 0 Å². The molecule has 0 radical (unpaired) electrons. The first kappa shape index (κ1) is 14.4.